The zero-order valence-corrected chi connectivity index (χ0v) is 13.4. The standard InChI is InChI=1S/C15H20N4OS/c1-18(2)15(20)13-10-17-7-8-19(13)12-5-4-6-14(21-3)11(12)9-16/h4-6,13,17H,7-8,10H2,1-3H3. The van der Waals surface area contributed by atoms with Crippen LogP contribution in [0.25, 0.3) is 0 Å². The van der Waals surface area contributed by atoms with Crippen LogP contribution in [0.5, 0.6) is 0 Å². The van der Waals surface area contributed by atoms with Crippen molar-refractivity contribution in [3.05, 3.63) is 23.8 Å². The van der Waals surface area contributed by atoms with Gasteiger partial charge in [-0.1, -0.05) is 6.07 Å². The largest absolute Gasteiger partial charge is 0.356 e. The Bertz CT molecular complexity index is 567. The molecule has 1 saturated heterocycles. The fourth-order valence-electron chi connectivity index (χ4n) is 2.55. The summed E-state index contributed by atoms with van der Waals surface area (Å²) in [6.07, 6.45) is 1.96. The van der Waals surface area contributed by atoms with Crippen LogP contribution in [0.4, 0.5) is 5.69 Å². The normalized spacial score (nSPS) is 18.2. The highest BCUT2D eigenvalue weighted by Crippen LogP contribution is 2.30. The van der Waals surface area contributed by atoms with Gasteiger partial charge < -0.3 is 15.1 Å². The molecule has 1 fully saturated rings. The molecule has 0 spiro atoms. The Balaban J connectivity index is 2.43. The highest BCUT2D eigenvalue weighted by Gasteiger charge is 2.31. The first kappa shape index (κ1) is 15.7. The van der Waals surface area contributed by atoms with Crippen molar-refractivity contribution in [2.75, 3.05) is 44.9 Å². The fraction of sp³-hybridized carbons (Fsp3) is 0.467. The Morgan fingerprint density at radius 3 is 2.90 bits per heavy atom. The van der Waals surface area contributed by atoms with Crippen LogP contribution in [0.3, 0.4) is 0 Å². The summed E-state index contributed by atoms with van der Waals surface area (Å²) in [5.41, 5.74) is 1.51. The molecule has 1 aliphatic rings. The Kier molecular flexibility index (Phi) is 5.10. The number of likely N-dealkylation sites (N-methyl/N-ethyl adjacent to an activating group) is 1. The smallest absolute Gasteiger partial charge is 0.246 e. The lowest BCUT2D eigenvalue weighted by atomic mass is 10.1. The van der Waals surface area contributed by atoms with Crippen molar-refractivity contribution in [2.45, 2.75) is 10.9 Å². The maximum Gasteiger partial charge on any atom is 0.246 e. The van der Waals surface area contributed by atoms with Gasteiger partial charge in [-0.2, -0.15) is 5.26 Å². The maximum absolute atomic E-state index is 12.4. The molecule has 1 aromatic carbocycles. The highest BCUT2D eigenvalue weighted by molar-refractivity contribution is 7.98. The lowest BCUT2D eigenvalue weighted by molar-refractivity contribution is -0.130. The van der Waals surface area contributed by atoms with Gasteiger partial charge in [-0.15, -0.1) is 11.8 Å². The van der Waals surface area contributed by atoms with Crippen LogP contribution in [0.2, 0.25) is 0 Å². The van der Waals surface area contributed by atoms with E-state index in [0.717, 1.165) is 23.7 Å². The summed E-state index contributed by atoms with van der Waals surface area (Å²) in [5.74, 6) is 0.0562. The number of thioether (sulfide) groups is 1. The van der Waals surface area contributed by atoms with E-state index >= 15 is 0 Å². The van der Waals surface area contributed by atoms with Gasteiger partial charge in [-0.05, 0) is 18.4 Å². The molecule has 1 heterocycles. The van der Waals surface area contributed by atoms with E-state index in [1.54, 1.807) is 30.8 Å². The van der Waals surface area contributed by atoms with E-state index in [0.29, 0.717) is 12.1 Å². The SMILES string of the molecule is CSc1cccc(N2CCNCC2C(=O)N(C)C)c1C#N. The third kappa shape index (κ3) is 3.14. The van der Waals surface area contributed by atoms with Crippen LogP contribution in [-0.4, -0.2) is 56.8 Å². The number of nitrogens with zero attached hydrogens (tertiary/aromatic N) is 3. The average molecular weight is 304 g/mol. The van der Waals surface area contributed by atoms with Crippen molar-refractivity contribution >= 4 is 23.4 Å². The van der Waals surface area contributed by atoms with Crippen molar-refractivity contribution in [3.8, 4) is 6.07 Å². The van der Waals surface area contributed by atoms with E-state index in [1.165, 1.54) is 0 Å². The van der Waals surface area contributed by atoms with E-state index in [9.17, 15) is 10.1 Å². The van der Waals surface area contributed by atoms with Crippen molar-refractivity contribution in [3.63, 3.8) is 0 Å². The van der Waals surface area contributed by atoms with E-state index in [1.807, 2.05) is 24.5 Å². The summed E-state index contributed by atoms with van der Waals surface area (Å²) >= 11 is 1.55. The molecule has 0 saturated carbocycles. The summed E-state index contributed by atoms with van der Waals surface area (Å²) in [4.78, 5) is 17.0. The van der Waals surface area contributed by atoms with Gasteiger partial charge in [0.15, 0.2) is 0 Å². The third-order valence-electron chi connectivity index (χ3n) is 3.61. The minimum atomic E-state index is -0.266. The molecule has 0 radical (unpaired) electrons. The predicted molar refractivity (Wildman–Crippen MR) is 85.6 cm³/mol. The van der Waals surface area contributed by atoms with Gasteiger partial charge in [0.2, 0.25) is 5.91 Å². The van der Waals surface area contributed by atoms with Gasteiger partial charge in [0.1, 0.15) is 12.1 Å². The predicted octanol–water partition coefficient (Wildman–Crippen LogP) is 1.15. The number of piperazine rings is 1. The summed E-state index contributed by atoms with van der Waals surface area (Å²) in [7, 11) is 3.53. The van der Waals surface area contributed by atoms with Gasteiger partial charge in [0.25, 0.3) is 0 Å². The van der Waals surface area contributed by atoms with Crippen molar-refractivity contribution < 1.29 is 4.79 Å². The monoisotopic (exact) mass is 304 g/mol. The van der Waals surface area contributed by atoms with Crippen molar-refractivity contribution in [1.82, 2.24) is 10.2 Å². The number of carbonyl (C=O) groups excluding carboxylic acids is 1. The number of anilines is 1. The number of hydrogen-bond acceptors (Lipinski definition) is 5. The highest BCUT2D eigenvalue weighted by atomic mass is 32.2. The number of rotatable bonds is 3. The zero-order chi connectivity index (χ0) is 15.4. The van der Waals surface area contributed by atoms with Crippen LogP contribution >= 0.6 is 11.8 Å². The second-order valence-corrected chi connectivity index (χ2v) is 5.96. The molecule has 1 aromatic rings. The maximum atomic E-state index is 12.4. The Morgan fingerprint density at radius 2 is 2.29 bits per heavy atom. The molecule has 1 N–H and O–H groups in total. The Labute approximate surface area is 129 Å². The average Bonchev–Trinajstić information content (AvgIpc) is 2.53. The third-order valence-corrected chi connectivity index (χ3v) is 4.39. The van der Waals surface area contributed by atoms with Gasteiger partial charge in [0, 0.05) is 38.6 Å². The number of benzene rings is 1. The first-order chi connectivity index (χ1) is 10.1. The molecule has 1 amide bonds. The second-order valence-electron chi connectivity index (χ2n) is 5.11. The summed E-state index contributed by atoms with van der Waals surface area (Å²) < 4.78 is 0. The molecular formula is C15H20N4OS. The first-order valence-electron chi connectivity index (χ1n) is 6.85. The fourth-order valence-corrected chi connectivity index (χ4v) is 3.12. The molecule has 112 valence electrons. The van der Waals surface area contributed by atoms with Crippen LogP contribution in [0.15, 0.2) is 23.1 Å². The molecule has 21 heavy (non-hydrogen) atoms. The van der Waals surface area contributed by atoms with Crippen molar-refractivity contribution in [1.29, 1.82) is 5.26 Å². The lowest BCUT2D eigenvalue weighted by Crippen LogP contribution is -2.58. The van der Waals surface area contributed by atoms with E-state index in [4.69, 9.17) is 0 Å². The summed E-state index contributed by atoms with van der Waals surface area (Å²) in [6.45, 7) is 2.13. The first-order valence-corrected chi connectivity index (χ1v) is 8.08. The van der Waals surface area contributed by atoms with Gasteiger partial charge in [-0.25, -0.2) is 0 Å². The van der Waals surface area contributed by atoms with Gasteiger partial charge in [0.05, 0.1) is 11.3 Å². The second kappa shape index (κ2) is 6.83. The number of hydrogen-bond donors (Lipinski definition) is 1. The molecule has 0 aliphatic carbocycles. The summed E-state index contributed by atoms with van der Waals surface area (Å²) in [5, 5.41) is 12.8. The van der Waals surface area contributed by atoms with E-state index in [2.05, 4.69) is 16.3 Å². The molecule has 5 nitrogen and oxygen atoms in total. The number of carbonyl (C=O) groups is 1. The Hall–Kier alpha value is -1.71. The molecule has 1 atom stereocenters. The molecule has 0 aromatic heterocycles. The molecular weight excluding hydrogens is 284 g/mol. The molecule has 6 heteroatoms. The van der Waals surface area contributed by atoms with Crippen LogP contribution in [0.1, 0.15) is 5.56 Å². The van der Waals surface area contributed by atoms with Gasteiger partial charge in [-0.3, -0.25) is 4.79 Å². The summed E-state index contributed by atoms with van der Waals surface area (Å²) in [6, 6.07) is 7.85. The molecule has 0 bridgehead atoms. The Morgan fingerprint density at radius 1 is 1.52 bits per heavy atom. The number of amides is 1. The molecule has 1 aliphatic heterocycles. The zero-order valence-electron chi connectivity index (χ0n) is 12.6. The topological polar surface area (TPSA) is 59.4 Å². The van der Waals surface area contributed by atoms with Crippen LogP contribution in [-0.2, 0) is 4.79 Å². The van der Waals surface area contributed by atoms with Crippen LogP contribution < -0.4 is 10.2 Å². The number of nitriles is 1. The molecule has 1 unspecified atom stereocenters. The van der Waals surface area contributed by atoms with Gasteiger partial charge >= 0.3 is 0 Å². The number of nitrogens with one attached hydrogen (secondary N) is 1. The quantitative estimate of drug-likeness (QED) is 0.849. The van der Waals surface area contributed by atoms with Crippen molar-refractivity contribution in [2.24, 2.45) is 0 Å². The van der Waals surface area contributed by atoms with Crippen LogP contribution in [0, 0.1) is 11.3 Å². The lowest BCUT2D eigenvalue weighted by Gasteiger charge is -2.38. The van der Waals surface area contributed by atoms with E-state index < -0.39 is 0 Å². The van der Waals surface area contributed by atoms with E-state index in [-0.39, 0.29) is 11.9 Å². The minimum Gasteiger partial charge on any atom is -0.356 e. The molecule has 2 rings (SSSR count). The minimum absolute atomic E-state index is 0.0562.